The fourth-order valence-corrected chi connectivity index (χ4v) is 4.96. The van der Waals surface area contributed by atoms with Crippen molar-refractivity contribution in [2.24, 2.45) is 0 Å². The lowest BCUT2D eigenvalue weighted by Gasteiger charge is -2.36. The summed E-state index contributed by atoms with van der Waals surface area (Å²) in [5.41, 5.74) is 0. The van der Waals surface area contributed by atoms with E-state index in [9.17, 15) is 13.5 Å². The first kappa shape index (κ1) is 18.9. The molecule has 0 spiro atoms. The van der Waals surface area contributed by atoms with Gasteiger partial charge in [0, 0.05) is 53.0 Å². The van der Waals surface area contributed by atoms with Crippen molar-refractivity contribution < 1.29 is 13.5 Å². The van der Waals surface area contributed by atoms with Crippen molar-refractivity contribution in [1.29, 1.82) is 0 Å². The summed E-state index contributed by atoms with van der Waals surface area (Å²) in [4.78, 5) is 2.30. The van der Waals surface area contributed by atoms with E-state index in [1.54, 1.807) is 30.3 Å². The molecule has 136 valence electrons. The third-order valence-electron chi connectivity index (χ3n) is 4.68. The summed E-state index contributed by atoms with van der Waals surface area (Å²) in [6.45, 7) is 3.99. The summed E-state index contributed by atoms with van der Waals surface area (Å²) in [6, 6.07) is 8.25. The van der Waals surface area contributed by atoms with Gasteiger partial charge >= 0.3 is 0 Å². The fraction of sp³-hybridized carbons (Fsp3) is 0.412. The first-order chi connectivity index (χ1) is 11.8. The lowest BCUT2D eigenvalue weighted by molar-refractivity contribution is 0.100. The smallest absolute Gasteiger partial charge is 0.243 e. The van der Waals surface area contributed by atoms with Crippen LogP contribution in [0.15, 0.2) is 35.2 Å². The molecule has 0 aliphatic carbocycles. The Labute approximate surface area is 157 Å². The quantitative estimate of drug-likeness (QED) is 0.853. The lowest BCUT2D eigenvalue weighted by Crippen LogP contribution is -2.52. The van der Waals surface area contributed by atoms with E-state index >= 15 is 0 Å². The Balaban J connectivity index is 1.88. The van der Waals surface area contributed by atoms with Crippen LogP contribution in [0.3, 0.4) is 0 Å². The Morgan fingerprint density at radius 3 is 2.24 bits per heavy atom. The van der Waals surface area contributed by atoms with Crippen molar-refractivity contribution in [2.75, 3.05) is 32.8 Å². The van der Waals surface area contributed by atoms with Crippen LogP contribution in [0.5, 0.6) is 0 Å². The third-order valence-corrected chi connectivity index (χ3v) is 7.23. The van der Waals surface area contributed by atoms with Crippen molar-refractivity contribution in [3.63, 3.8) is 0 Å². The second-order valence-corrected chi connectivity index (χ2v) is 8.96. The van der Waals surface area contributed by atoms with E-state index in [1.807, 2.05) is 6.92 Å². The van der Waals surface area contributed by atoms with Crippen LogP contribution in [-0.4, -0.2) is 61.6 Å². The molecule has 1 fully saturated rings. The first-order valence-electron chi connectivity index (χ1n) is 8.07. The van der Waals surface area contributed by atoms with Crippen molar-refractivity contribution in [3.05, 3.63) is 40.4 Å². The van der Waals surface area contributed by atoms with E-state index in [-0.39, 0.29) is 17.5 Å². The summed E-state index contributed by atoms with van der Waals surface area (Å²) < 4.78 is 27.4. The molecule has 1 aliphatic rings. The minimum atomic E-state index is -3.60. The molecule has 0 radical (unpaired) electrons. The van der Waals surface area contributed by atoms with Gasteiger partial charge in [0.2, 0.25) is 10.0 Å². The molecule has 1 heterocycles. The number of piperazine rings is 1. The zero-order valence-electron chi connectivity index (χ0n) is 13.8. The molecular formula is C17H20Cl2N2O3S. The largest absolute Gasteiger partial charge is 0.395 e. The maximum Gasteiger partial charge on any atom is 0.243 e. The van der Waals surface area contributed by atoms with Gasteiger partial charge in [0.25, 0.3) is 0 Å². The number of sulfonamides is 1. The minimum absolute atomic E-state index is 0.0338. The van der Waals surface area contributed by atoms with E-state index < -0.39 is 10.0 Å². The molecule has 25 heavy (non-hydrogen) atoms. The van der Waals surface area contributed by atoms with Crippen LogP contribution in [0.1, 0.15) is 6.92 Å². The number of hydrogen-bond acceptors (Lipinski definition) is 4. The van der Waals surface area contributed by atoms with Crippen LogP contribution in [0.25, 0.3) is 10.8 Å². The van der Waals surface area contributed by atoms with Crippen LogP contribution in [0.4, 0.5) is 0 Å². The van der Waals surface area contributed by atoms with E-state index in [4.69, 9.17) is 23.2 Å². The van der Waals surface area contributed by atoms with Crippen molar-refractivity contribution in [3.8, 4) is 0 Å². The number of aliphatic hydroxyl groups is 1. The molecule has 1 aliphatic heterocycles. The summed E-state index contributed by atoms with van der Waals surface area (Å²) in [5, 5.41) is 11.6. The molecular weight excluding hydrogens is 383 g/mol. The Morgan fingerprint density at radius 1 is 1.04 bits per heavy atom. The maximum atomic E-state index is 13.0. The van der Waals surface area contributed by atoms with Gasteiger partial charge in [0.15, 0.2) is 0 Å². The molecule has 0 saturated carbocycles. The van der Waals surface area contributed by atoms with Gasteiger partial charge in [-0.25, -0.2) is 8.42 Å². The molecule has 8 heteroatoms. The van der Waals surface area contributed by atoms with Crippen molar-refractivity contribution in [2.45, 2.75) is 17.9 Å². The highest BCUT2D eigenvalue weighted by atomic mass is 35.5. The molecule has 5 nitrogen and oxygen atoms in total. The Bertz CT molecular complexity index is 881. The second-order valence-electron chi connectivity index (χ2n) is 6.21. The predicted octanol–water partition coefficient (Wildman–Crippen LogP) is 2.83. The highest BCUT2D eigenvalue weighted by Gasteiger charge is 2.30. The van der Waals surface area contributed by atoms with Gasteiger partial charge in [-0.1, -0.05) is 29.3 Å². The summed E-state index contributed by atoms with van der Waals surface area (Å²) in [6.07, 6.45) is 0. The van der Waals surface area contributed by atoms with Crippen molar-refractivity contribution in [1.82, 2.24) is 9.21 Å². The van der Waals surface area contributed by atoms with Gasteiger partial charge in [0.1, 0.15) is 0 Å². The standard InChI is InChI=1S/C17H20Cl2N2O3S/c1-12(11-22)20-6-8-21(9-7-20)25(23,24)13-2-3-14-15(10-13)17(19)5-4-16(14)18/h2-5,10,12,22H,6-9,11H2,1H3/t12-/m1/s1. The topological polar surface area (TPSA) is 60.9 Å². The average Bonchev–Trinajstić information content (AvgIpc) is 2.64. The molecule has 0 bridgehead atoms. The van der Waals surface area contributed by atoms with Crippen LogP contribution < -0.4 is 0 Å². The Morgan fingerprint density at radius 2 is 1.64 bits per heavy atom. The number of hydrogen-bond donors (Lipinski definition) is 1. The van der Waals surface area contributed by atoms with Gasteiger partial charge in [-0.05, 0) is 31.2 Å². The van der Waals surface area contributed by atoms with Gasteiger partial charge < -0.3 is 5.11 Å². The molecule has 0 amide bonds. The zero-order chi connectivity index (χ0) is 18.2. The predicted molar refractivity (Wildman–Crippen MR) is 101 cm³/mol. The monoisotopic (exact) mass is 402 g/mol. The molecule has 3 rings (SSSR count). The number of halogens is 2. The summed E-state index contributed by atoms with van der Waals surface area (Å²) in [5.74, 6) is 0. The Hall–Kier alpha value is -0.890. The molecule has 1 N–H and O–H groups in total. The van der Waals surface area contributed by atoms with Gasteiger partial charge in [-0.2, -0.15) is 4.31 Å². The molecule has 1 saturated heterocycles. The van der Waals surface area contributed by atoms with Gasteiger partial charge in [-0.3, -0.25) is 4.90 Å². The molecule has 1 atom stereocenters. The minimum Gasteiger partial charge on any atom is -0.395 e. The molecule has 0 aromatic heterocycles. The molecule has 2 aromatic rings. The highest BCUT2D eigenvalue weighted by molar-refractivity contribution is 7.89. The van der Waals surface area contributed by atoms with E-state index in [2.05, 4.69) is 4.90 Å². The summed E-state index contributed by atoms with van der Waals surface area (Å²) in [7, 11) is -3.60. The van der Waals surface area contributed by atoms with Crippen LogP contribution in [-0.2, 0) is 10.0 Å². The third kappa shape index (κ3) is 3.65. The number of aliphatic hydroxyl groups excluding tert-OH is 1. The fourth-order valence-electron chi connectivity index (χ4n) is 3.06. The highest BCUT2D eigenvalue weighted by Crippen LogP contribution is 2.32. The van der Waals surface area contributed by atoms with Crippen LogP contribution in [0.2, 0.25) is 10.0 Å². The van der Waals surface area contributed by atoms with Crippen LogP contribution >= 0.6 is 23.2 Å². The number of nitrogens with zero attached hydrogens (tertiary/aromatic N) is 2. The van der Waals surface area contributed by atoms with Gasteiger partial charge in [0.05, 0.1) is 11.5 Å². The number of fused-ring (bicyclic) bond motifs is 1. The SMILES string of the molecule is C[C@H](CO)N1CCN(S(=O)(=O)c2ccc3c(Cl)ccc(Cl)c3c2)CC1. The summed E-state index contributed by atoms with van der Waals surface area (Å²) >= 11 is 12.4. The van der Waals surface area contributed by atoms with E-state index in [0.29, 0.717) is 41.6 Å². The van der Waals surface area contributed by atoms with Crippen LogP contribution in [0, 0.1) is 0 Å². The lowest BCUT2D eigenvalue weighted by atomic mass is 10.1. The van der Waals surface area contributed by atoms with E-state index in [1.165, 1.54) is 4.31 Å². The Kier molecular flexibility index (Phi) is 5.58. The molecule has 2 aromatic carbocycles. The number of benzene rings is 2. The average molecular weight is 403 g/mol. The maximum absolute atomic E-state index is 13.0. The van der Waals surface area contributed by atoms with E-state index in [0.717, 1.165) is 5.39 Å². The van der Waals surface area contributed by atoms with Crippen molar-refractivity contribution >= 4 is 44.0 Å². The normalized spacial score (nSPS) is 18.6. The first-order valence-corrected chi connectivity index (χ1v) is 10.3. The van der Waals surface area contributed by atoms with Gasteiger partial charge in [-0.15, -0.1) is 0 Å². The second kappa shape index (κ2) is 7.39. The zero-order valence-corrected chi connectivity index (χ0v) is 16.2. The molecule has 0 unspecified atom stereocenters. The number of rotatable bonds is 4.